The molecule has 2 heterocycles. The van der Waals surface area contributed by atoms with Gasteiger partial charge in [0.15, 0.2) is 5.96 Å². The Morgan fingerprint density at radius 2 is 1.88 bits per heavy atom. The lowest BCUT2D eigenvalue weighted by atomic mass is 10.3. The molecule has 6 nitrogen and oxygen atoms in total. The average Bonchev–Trinajstić information content (AvgIpc) is 3.12. The molecule has 2 N–H and O–H groups in total. The number of nitrogens with one attached hydrogen (secondary N) is 2. The van der Waals surface area contributed by atoms with Crippen LogP contribution in [0, 0.1) is 20.8 Å². The maximum Gasteiger partial charge on any atom is 0.191 e. The number of guanidine groups is 1. The van der Waals surface area contributed by atoms with Crippen LogP contribution >= 0.6 is 11.3 Å². The normalized spacial score (nSPS) is 11.9. The summed E-state index contributed by atoms with van der Waals surface area (Å²) in [5.41, 5.74) is 3.35. The third-order valence-corrected chi connectivity index (χ3v) is 5.53. The molecule has 0 aliphatic carbocycles. The predicted molar refractivity (Wildman–Crippen MR) is 109 cm³/mol. The molecule has 0 bridgehead atoms. The molecule has 0 unspecified atom stereocenters. The molecule has 3 aromatic rings. The Balaban J connectivity index is 1.49. The van der Waals surface area contributed by atoms with Crippen molar-refractivity contribution in [1.82, 2.24) is 25.2 Å². The molecule has 0 radical (unpaired) electrons. The van der Waals surface area contributed by atoms with Gasteiger partial charge in [-0.1, -0.05) is 12.1 Å². The first kappa shape index (κ1) is 18.4. The van der Waals surface area contributed by atoms with Gasteiger partial charge in [0, 0.05) is 38.0 Å². The Morgan fingerprint density at radius 1 is 1.12 bits per heavy atom. The smallest absolute Gasteiger partial charge is 0.191 e. The third-order valence-electron chi connectivity index (χ3n) is 4.40. The molecule has 0 spiro atoms. The molecule has 7 heteroatoms. The van der Waals surface area contributed by atoms with Crippen molar-refractivity contribution in [3.05, 3.63) is 45.7 Å². The fourth-order valence-corrected chi connectivity index (χ4v) is 3.85. The summed E-state index contributed by atoms with van der Waals surface area (Å²) in [6.45, 7) is 8.68. The zero-order valence-electron chi connectivity index (χ0n) is 15.8. The van der Waals surface area contributed by atoms with Crippen LogP contribution in [0.3, 0.4) is 0 Å². The fraction of sp³-hybridized carbons (Fsp3) is 0.421. The van der Waals surface area contributed by atoms with E-state index in [2.05, 4.69) is 62.2 Å². The highest BCUT2D eigenvalue weighted by Crippen LogP contribution is 2.16. The van der Waals surface area contributed by atoms with Crippen molar-refractivity contribution in [3.63, 3.8) is 0 Å². The number of thiazole rings is 1. The van der Waals surface area contributed by atoms with E-state index in [-0.39, 0.29) is 0 Å². The second-order valence-corrected chi connectivity index (χ2v) is 7.51. The summed E-state index contributed by atoms with van der Waals surface area (Å²) in [4.78, 5) is 14.8. The van der Waals surface area contributed by atoms with Crippen LogP contribution in [0.2, 0.25) is 0 Å². The van der Waals surface area contributed by atoms with Crippen molar-refractivity contribution in [3.8, 4) is 0 Å². The number of aromatic nitrogens is 3. The van der Waals surface area contributed by atoms with Crippen LogP contribution in [0.15, 0.2) is 29.3 Å². The standard InChI is InChI=1S/C19H26N6S/c1-13-14(2)26-18(23-13)9-10-21-19(20-4)22-11-12-25-15(3)24-16-7-5-6-8-17(16)25/h5-8H,9-12H2,1-4H3,(H2,20,21,22). The predicted octanol–water partition coefficient (Wildman–Crippen LogP) is 2.83. The zero-order valence-corrected chi connectivity index (χ0v) is 16.7. The van der Waals surface area contributed by atoms with E-state index in [0.29, 0.717) is 0 Å². The first-order valence-electron chi connectivity index (χ1n) is 8.87. The van der Waals surface area contributed by atoms with Crippen LogP contribution < -0.4 is 10.6 Å². The van der Waals surface area contributed by atoms with E-state index in [1.165, 1.54) is 15.4 Å². The van der Waals surface area contributed by atoms with Gasteiger partial charge in [0.1, 0.15) is 5.82 Å². The van der Waals surface area contributed by atoms with E-state index in [1.54, 1.807) is 18.4 Å². The number of aliphatic imine (C=N–C) groups is 1. The van der Waals surface area contributed by atoms with Gasteiger partial charge in [-0.25, -0.2) is 9.97 Å². The first-order valence-corrected chi connectivity index (χ1v) is 9.69. The van der Waals surface area contributed by atoms with Gasteiger partial charge < -0.3 is 15.2 Å². The maximum absolute atomic E-state index is 4.61. The minimum atomic E-state index is 0.788. The van der Waals surface area contributed by atoms with E-state index in [1.807, 2.05) is 13.0 Å². The Labute approximate surface area is 158 Å². The molecule has 26 heavy (non-hydrogen) atoms. The van der Waals surface area contributed by atoms with Crippen molar-refractivity contribution < 1.29 is 0 Å². The number of rotatable bonds is 6. The number of hydrogen-bond acceptors (Lipinski definition) is 4. The first-order chi connectivity index (χ1) is 12.6. The second-order valence-electron chi connectivity index (χ2n) is 6.22. The Bertz CT molecular complexity index is 889. The van der Waals surface area contributed by atoms with Gasteiger partial charge in [-0.3, -0.25) is 4.99 Å². The Hall–Kier alpha value is -2.41. The van der Waals surface area contributed by atoms with Gasteiger partial charge in [0.2, 0.25) is 0 Å². The van der Waals surface area contributed by atoms with Crippen LogP contribution in [-0.2, 0) is 13.0 Å². The molecule has 0 saturated heterocycles. The quantitative estimate of drug-likeness (QED) is 0.517. The van der Waals surface area contributed by atoms with Gasteiger partial charge >= 0.3 is 0 Å². The second kappa shape index (κ2) is 8.31. The molecule has 3 rings (SSSR count). The van der Waals surface area contributed by atoms with Crippen molar-refractivity contribution in [2.45, 2.75) is 33.7 Å². The summed E-state index contributed by atoms with van der Waals surface area (Å²) in [6.07, 6.45) is 0.908. The van der Waals surface area contributed by atoms with E-state index in [9.17, 15) is 0 Å². The number of para-hydroxylation sites is 2. The highest BCUT2D eigenvalue weighted by Gasteiger charge is 2.07. The molecule has 1 aromatic carbocycles. The number of benzene rings is 1. The van der Waals surface area contributed by atoms with Crippen LogP contribution in [-0.4, -0.2) is 40.6 Å². The molecular formula is C19H26N6S. The van der Waals surface area contributed by atoms with Crippen molar-refractivity contribution >= 4 is 28.3 Å². The zero-order chi connectivity index (χ0) is 18.5. The highest BCUT2D eigenvalue weighted by atomic mass is 32.1. The van der Waals surface area contributed by atoms with Gasteiger partial charge in [0.05, 0.1) is 21.7 Å². The molecule has 0 fully saturated rings. The van der Waals surface area contributed by atoms with Crippen molar-refractivity contribution in [1.29, 1.82) is 0 Å². The monoisotopic (exact) mass is 370 g/mol. The SMILES string of the molecule is CN=C(NCCc1nc(C)c(C)s1)NCCn1c(C)nc2ccccc21. The molecule has 2 aromatic heterocycles. The van der Waals surface area contributed by atoms with Gasteiger partial charge in [0.25, 0.3) is 0 Å². The van der Waals surface area contributed by atoms with Crippen molar-refractivity contribution in [2.75, 3.05) is 20.1 Å². The molecule has 0 aliphatic heterocycles. The average molecular weight is 371 g/mol. The molecule has 0 saturated carbocycles. The van der Waals surface area contributed by atoms with Crippen LogP contribution in [0.1, 0.15) is 21.4 Å². The summed E-state index contributed by atoms with van der Waals surface area (Å²) >= 11 is 1.77. The number of fused-ring (bicyclic) bond motifs is 1. The van der Waals surface area contributed by atoms with Gasteiger partial charge in [-0.15, -0.1) is 11.3 Å². The van der Waals surface area contributed by atoms with E-state index in [0.717, 1.165) is 49.0 Å². The van der Waals surface area contributed by atoms with Crippen LogP contribution in [0.25, 0.3) is 11.0 Å². The molecule has 0 atom stereocenters. The minimum Gasteiger partial charge on any atom is -0.356 e. The Morgan fingerprint density at radius 3 is 2.62 bits per heavy atom. The Kier molecular flexibility index (Phi) is 5.88. The molecule has 0 aliphatic rings. The van der Waals surface area contributed by atoms with Crippen LogP contribution in [0.4, 0.5) is 0 Å². The van der Waals surface area contributed by atoms with E-state index in [4.69, 9.17) is 0 Å². The van der Waals surface area contributed by atoms with E-state index < -0.39 is 0 Å². The third kappa shape index (κ3) is 4.22. The number of hydrogen-bond donors (Lipinski definition) is 2. The lowest BCUT2D eigenvalue weighted by Crippen LogP contribution is -2.39. The summed E-state index contributed by atoms with van der Waals surface area (Å²) in [6, 6.07) is 8.24. The molecular weight excluding hydrogens is 344 g/mol. The lowest BCUT2D eigenvalue weighted by Gasteiger charge is -2.12. The topological polar surface area (TPSA) is 67.1 Å². The molecule has 138 valence electrons. The highest BCUT2D eigenvalue weighted by molar-refractivity contribution is 7.11. The van der Waals surface area contributed by atoms with E-state index >= 15 is 0 Å². The lowest BCUT2D eigenvalue weighted by molar-refractivity contribution is 0.659. The largest absolute Gasteiger partial charge is 0.356 e. The number of imidazole rings is 1. The summed E-state index contributed by atoms with van der Waals surface area (Å²) in [5.74, 6) is 1.85. The minimum absolute atomic E-state index is 0.788. The summed E-state index contributed by atoms with van der Waals surface area (Å²) in [7, 11) is 1.80. The summed E-state index contributed by atoms with van der Waals surface area (Å²) in [5, 5.41) is 7.90. The number of aryl methyl sites for hydroxylation is 3. The summed E-state index contributed by atoms with van der Waals surface area (Å²) < 4.78 is 2.23. The van der Waals surface area contributed by atoms with Gasteiger partial charge in [-0.05, 0) is 32.9 Å². The fourth-order valence-electron chi connectivity index (χ4n) is 2.92. The maximum atomic E-state index is 4.61. The number of nitrogens with zero attached hydrogens (tertiary/aromatic N) is 4. The van der Waals surface area contributed by atoms with Crippen molar-refractivity contribution in [2.24, 2.45) is 4.99 Å². The van der Waals surface area contributed by atoms with Crippen LogP contribution in [0.5, 0.6) is 0 Å². The van der Waals surface area contributed by atoms with Gasteiger partial charge in [-0.2, -0.15) is 0 Å². The molecule has 0 amide bonds.